The highest BCUT2D eigenvalue weighted by Crippen LogP contribution is 2.61. The van der Waals surface area contributed by atoms with Gasteiger partial charge in [0.15, 0.2) is 0 Å². The molecule has 0 N–H and O–H groups in total. The van der Waals surface area contributed by atoms with Gasteiger partial charge in [-0.25, -0.2) is 0 Å². The van der Waals surface area contributed by atoms with E-state index in [2.05, 4.69) is 117 Å². The van der Waals surface area contributed by atoms with Crippen molar-refractivity contribution in [3.8, 4) is 0 Å². The van der Waals surface area contributed by atoms with E-state index in [1.54, 1.807) is 0 Å². The largest absolute Gasteiger partial charge is 0.358 e. The van der Waals surface area contributed by atoms with Gasteiger partial charge in [0.2, 0.25) is 0 Å². The van der Waals surface area contributed by atoms with Crippen molar-refractivity contribution in [3.05, 3.63) is 66.8 Å². The quantitative estimate of drug-likeness (QED) is 0.413. The predicted molar refractivity (Wildman–Crippen MR) is 128 cm³/mol. The van der Waals surface area contributed by atoms with Crippen molar-refractivity contribution in [1.82, 2.24) is 9.80 Å². The second kappa shape index (κ2) is 6.31. The molecule has 0 fully saturated rings. The molecule has 0 saturated carbocycles. The van der Waals surface area contributed by atoms with Gasteiger partial charge in [0.25, 0.3) is 0 Å². The summed E-state index contributed by atoms with van der Waals surface area (Å²) in [6.45, 7) is 0. The number of halogens is 1. The SMILES string of the molecule is CN1C=CN2c3cccc(Sc4cccc5c4P(I)C4N(C)C=CN54)c3CC12. The Balaban J connectivity index is 1.40. The van der Waals surface area contributed by atoms with Crippen LogP contribution in [0.3, 0.4) is 0 Å². The fraction of sp³-hybridized carbons (Fsp3) is 0.238. The topological polar surface area (TPSA) is 13.0 Å². The molecule has 28 heavy (non-hydrogen) atoms. The van der Waals surface area contributed by atoms with Crippen molar-refractivity contribution in [2.24, 2.45) is 0 Å². The molecule has 0 saturated heterocycles. The Bertz CT molecular complexity index is 1040. The predicted octanol–water partition coefficient (Wildman–Crippen LogP) is 4.92. The first-order valence-electron chi connectivity index (χ1n) is 9.38. The van der Waals surface area contributed by atoms with Crippen molar-refractivity contribution in [2.45, 2.75) is 28.3 Å². The van der Waals surface area contributed by atoms with Gasteiger partial charge in [-0.2, -0.15) is 0 Å². The van der Waals surface area contributed by atoms with Gasteiger partial charge in [0.1, 0.15) is 12.1 Å². The van der Waals surface area contributed by atoms with E-state index >= 15 is 0 Å². The van der Waals surface area contributed by atoms with Crippen LogP contribution in [0.25, 0.3) is 0 Å². The minimum absolute atomic E-state index is 0.292. The Kier molecular flexibility index (Phi) is 3.94. The van der Waals surface area contributed by atoms with E-state index in [4.69, 9.17) is 0 Å². The van der Waals surface area contributed by atoms with Gasteiger partial charge in [0.05, 0.1) is 5.69 Å². The summed E-state index contributed by atoms with van der Waals surface area (Å²) in [6.07, 6.45) is 10.3. The lowest BCUT2D eigenvalue weighted by Gasteiger charge is -2.25. The molecule has 4 heterocycles. The molecule has 142 valence electrons. The van der Waals surface area contributed by atoms with E-state index in [-0.39, 0.29) is 5.56 Å². The molecule has 4 aliphatic rings. The number of likely N-dealkylation sites (N-methyl/N-ethyl adjacent to an activating group) is 1. The van der Waals surface area contributed by atoms with Crippen LogP contribution in [-0.4, -0.2) is 36.0 Å². The van der Waals surface area contributed by atoms with Gasteiger partial charge in [-0.1, -0.05) is 23.9 Å². The monoisotopic (exact) mass is 518 g/mol. The Morgan fingerprint density at radius 2 is 1.61 bits per heavy atom. The number of hydrogen-bond donors (Lipinski definition) is 0. The molecule has 0 aromatic heterocycles. The van der Waals surface area contributed by atoms with E-state index in [1.165, 1.54) is 32.0 Å². The third-order valence-electron chi connectivity index (χ3n) is 5.99. The summed E-state index contributed by atoms with van der Waals surface area (Å²) in [4.78, 5) is 12.3. The molecule has 0 aliphatic carbocycles. The molecule has 6 rings (SSSR count). The lowest BCUT2D eigenvalue weighted by Crippen LogP contribution is -2.33. The smallest absolute Gasteiger partial charge is 0.138 e. The number of rotatable bonds is 2. The minimum Gasteiger partial charge on any atom is -0.358 e. The van der Waals surface area contributed by atoms with E-state index < -0.39 is 0 Å². The Morgan fingerprint density at radius 1 is 0.893 bits per heavy atom. The molecule has 4 aliphatic heterocycles. The van der Waals surface area contributed by atoms with Gasteiger partial charge < -0.3 is 19.6 Å². The van der Waals surface area contributed by atoms with E-state index in [0.29, 0.717) is 12.1 Å². The number of anilines is 2. The first-order valence-corrected chi connectivity index (χ1v) is 14.4. The molecule has 3 unspecified atom stereocenters. The summed E-state index contributed by atoms with van der Waals surface area (Å²) >= 11 is 4.64. The van der Waals surface area contributed by atoms with Crippen LogP contribution in [0.15, 0.2) is 71.0 Å². The summed E-state index contributed by atoms with van der Waals surface area (Å²) in [6, 6.07) is 13.6. The molecule has 0 amide bonds. The number of hydrogen-bond acceptors (Lipinski definition) is 5. The first-order chi connectivity index (χ1) is 13.6. The van der Waals surface area contributed by atoms with Gasteiger partial charge >= 0.3 is 0 Å². The van der Waals surface area contributed by atoms with Crippen LogP contribution in [0, 0.1) is 0 Å². The number of benzene rings is 2. The van der Waals surface area contributed by atoms with Crippen LogP contribution < -0.4 is 15.1 Å². The maximum Gasteiger partial charge on any atom is 0.138 e. The molecular formula is C21H20IN4PS. The average molecular weight is 518 g/mol. The highest BCUT2D eigenvalue weighted by Gasteiger charge is 2.42. The van der Waals surface area contributed by atoms with Crippen molar-refractivity contribution >= 4 is 56.0 Å². The number of nitrogens with zero attached hydrogens (tertiary/aromatic N) is 4. The summed E-state index contributed by atoms with van der Waals surface area (Å²) < 4.78 is 0. The average Bonchev–Trinajstić information content (AvgIpc) is 3.41. The maximum atomic E-state index is 2.69. The maximum absolute atomic E-state index is 2.69. The Labute approximate surface area is 184 Å². The van der Waals surface area contributed by atoms with E-state index in [1.807, 2.05) is 11.8 Å². The van der Waals surface area contributed by atoms with E-state index in [0.717, 1.165) is 6.42 Å². The van der Waals surface area contributed by atoms with Gasteiger partial charge in [-0.3, -0.25) is 0 Å². The molecule has 2 aromatic carbocycles. The normalized spacial score (nSPS) is 26.2. The molecule has 7 heteroatoms. The standard InChI is InChI=1S/C21H20IN4PS/c1-23-9-11-25-15-5-3-7-17(14(15)13-19(23)25)28-18-8-4-6-16-20(18)27(22)21-24(2)10-12-26(16)21/h3-12,19,21H,13H2,1-2H3. The highest BCUT2D eigenvalue weighted by atomic mass is 127. The zero-order valence-electron chi connectivity index (χ0n) is 15.7. The molecule has 4 nitrogen and oxygen atoms in total. The zero-order valence-corrected chi connectivity index (χ0v) is 19.5. The molecule has 3 atom stereocenters. The molecule has 0 radical (unpaired) electrons. The van der Waals surface area contributed by atoms with Gasteiger partial charge in [-0.05, 0) is 51.9 Å². The summed E-state index contributed by atoms with van der Waals surface area (Å²) in [5.41, 5.74) is 3.94. The van der Waals surface area contributed by atoms with Gasteiger partial charge in [0, 0.05) is 71.7 Å². The van der Waals surface area contributed by atoms with Crippen LogP contribution in [-0.2, 0) is 6.42 Å². The molecular weight excluding hydrogens is 498 g/mol. The molecule has 0 bridgehead atoms. The second-order valence-electron chi connectivity index (χ2n) is 7.56. The fourth-order valence-corrected chi connectivity index (χ4v) is 11.8. The first kappa shape index (κ1) is 17.5. The van der Waals surface area contributed by atoms with Crippen molar-refractivity contribution in [1.29, 1.82) is 0 Å². The van der Waals surface area contributed by atoms with Crippen LogP contribution >= 0.6 is 39.4 Å². The number of fused-ring (bicyclic) bond motifs is 6. The van der Waals surface area contributed by atoms with Crippen molar-refractivity contribution < 1.29 is 0 Å². The Hall–Kier alpha value is -1.37. The minimum atomic E-state index is -0.292. The van der Waals surface area contributed by atoms with Crippen LogP contribution in [0.4, 0.5) is 11.4 Å². The second-order valence-corrected chi connectivity index (χ2v) is 13.3. The van der Waals surface area contributed by atoms with Gasteiger partial charge in [-0.15, -0.1) is 0 Å². The lowest BCUT2D eigenvalue weighted by molar-refractivity contribution is 0.368. The third kappa shape index (κ3) is 2.34. The summed E-state index contributed by atoms with van der Waals surface area (Å²) in [7, 11) is 4.36. The molecule has 0 spiro atoms. The lowest BCUT2D eigenvalue weighted by atomic mass is 10.1. The third-order valence-corrected chi connectivity index (χ3v) is 12.2. The van der Waals surface area contributed by atoms with Crippen molar-refractivity contribution in [3.63, 3.8) is 0 Å². The Morgan fingerprint density at radius 3 is 2.46 bits per heavy atom. The van der Waals surface area contributed by atoms with Crippen molar-refractivity contribution in [2.75, 3.05) is 23.9 Å². The van der Waals surface area contributed by atoms with E-state index in [9.17, 15) is 0 Å². The van der Waals surface area contributed by atoms with Crippen LogP contribution in [0.2, 0.25) is 0 Å². The zero-order chi connectivity index (χ0) is 19.0. The summed E-state index contributed by atoms with van der Waals surface area (Å²) in [5.74, 6) is 0.457. The fourth-order valence-electron chi connectivity index (χ4n) is 4.59. The van der Waals surface area contributed by atoms with Crippen LogP contribution in [0.5, 0.6) is 0 Å². The molecule has 2 aromatic rings. The van der Waals surface area contributed by atoms with Crippen LogP contribution in [0.1, 0.15) is 5.56 Å². The summed E-state index contributed by atoms with van der Waals surface area (Å²) in [5, 5.41) is 1.54. The highest BCUT2D eigenvalue weighted by molar-refractivity contribution is 14.2.